The first-order valence-corrected chi connectivity index (χ1v) is 7.16. The Morgan fingerprint density at radius 2 is 2.17 bits per heavy atom. The highest BCUT2D eigenvalue weighted by Crippen LogP contribution is 2.44. The number of amides is 1. The fourth-order valence-corrected chi connectivity index (χ4v) is 3.76. The molecule has 1 aromatic heterocycles. The van der Waals surface area contributed by atoms with Crippen molar-refractivity contribution in [3.8, 4) is 0 Å². The van der Waals surface area contributed by atoms with Crippen molar-refractivity contribution >= 4 is 17.5 Å². The Balaban J connectivity index is 1.61. The number of nitrogens with zero attached hydrogens (tertiary/aromatic N) is 2. The molecule has 2 atom stereocenters. The third-order valence-electron chi connectivity index (χ3n) is 4.59. The van der Waals surface area contributed by atoms with Crippen LogP contribution < -0.4 is 0 Å². The van der Waals surface area contributed by atoms with Crippen LogP contribution in [0, 0.1) is 5.92 Å². The molecule has 0 radical (unpaired) electrons. The SMILES string of the molecule is O=C(c1n[nH]c(C2CC2)c1Cl)N1CC2CCC1C2. The van der Waals surface area contributed by atoms with E-state index >= 15 is 0 Å². The van der Waals surface area contributed by atoms with Gasteiger partial charge in [0.2, 0.25) is 0 Å². The van der Waals surface area contributed by atoms with Gasteiger partial charge in [-0.15, -0.1) is 0 Å². The van der Waals surface area contributed by atoms with Crippen molar-refractivity contribution in [2.24, 2.45) is 5.92 Å². The van der Waals surface area contributed by atoms with Gasteiger partial charge < -0.3 is 4.90 Å². The molecule has 4 nitrogen and oxygen atoms in total. The van der Waals surface area contributed by atoms with E-state index in [-0.39, 0.29) is 5.91 Å². The lowest BCUT2D eigenvalue weighted by molar-refractivity contribution is 0.0697. The molecule has 3 fully saturated rings. The molecule has 2 saturated carbocycles. The molecule has 2 aliphatic carbocycles. The highest BCUT2D eigenvalue weighted by atomic mass is 35.5. The van der Waals surface area contributed by atoms with Crippen molar-refractivity contribution in [1.82, 2.24) is 15.1 Å². The summed E-state index contributed by atoms with van der Waals surface area (Å²) in [7, 11) is 0. The van der Waals surface area contributed by atoms with Gasteiger partial charge in [-0.3, -0.25) is 9.89 Å². The summed E-state index contributed by atoms with van der Waals surface area (Å²) in [5.41, 5.74) is 1.40. The number of carbonyl (C=O) groups excluding carboxylic acids is 1. The predicted octanol–water partition coefficient (Wildman–Crippen LogP) is 2.57. The largest absolute Gasteiger partial charge is 0.334 e. The molecule has 3 aliphatic rings. The van der Waals surface area contributed by atoms with E-state index in [9.17, 15) is 4.79 Å². The third-order valence-corrected chi connectivity index (χ3v) is 4.97. The van der Waals surface area contributed by atoms with Gasteiger partial charge >= 0.3 is 0 Å². The lowest BCUT2D eigenvalue weighted by atomic mass is 10.1. The van der Waals surface area contributed by atoms with Crippen molar-refractivity contribution in [2.45, 2.75) is 44.1 Å². The second-order valence-corrected chi connectivity index (χ2v) is 6.24. The van der Waals surface area contributed by atoms with Crippen LogP contribution in [0.3, 0.4) is 0 Å². The highest BCUT2D eigenvalue weighted by Gasteiger charge is 2.42. The zero-order valence-corrected chi connectivity index (χ0v) is 10.9. The molecular weight excluding hydrogens is 250 g/mol. The van der Waals surface area contributed by atoms with Gasteiger partial charge in [-0.25, -0.2) is 0 Å². The van der Waals surface area contributed by atoms with E-state index in [1.165, 1.54) is 12.8 Å². The summed E-state index contributed by atoms with van der Waals surface area (Å²) < 4.78 is 0. The average molecular weight is 266 g/mol. The maximum Gasteiger partial charge on any atom is 0.276 e. The number of aromatic nitrogens is 2. The highest BCUT2D eigenvalue weighted by molar-refractivity contribution is 6.34. The summed E-state index contributed by atoms with van der Waals surface area (Å²) in [6, 6.07) is 0.430. The fourth-order valence-electron chi connectivity index (χ4n) is 3.44. The Labute approximate surface area is 111 Å². The molecule has 1 aromatic rings. The monoisotopic (exact) mass is 265 g/mol. The minimum atomic E-state index is 0.0235. The zero-order valence-electron chi connectivity index (χ0n) is 10.2. The van der Waals surface area contributed by atoms with Crippen molar-refractivity contribution < 1.29 is 4.79 Å². The molecule has 4 rings (SSSR count). The van der Waals surface area contributed by atoms with E-state index in [1.54, 1.807) is 0 Å². The molecule has 2 unspecified atom stereocenters. The fraction of sp³-hybridized carbons (Fsp3) is 0.692. The molecule has 96 valence electrons. The Hall–Kier alpha value is -1.03. The van der Waals surface area contributed by atoms with Crippen molar-refractivity contribution in [3.05, 3.63) is 16.4 Å². The molecule has 1 N–H and O–H groups in total. The number of likely N-dealkylation sites (tertiary alicyclic amines) is 1. The quantitative estimate of drug-likeness (QED) is 0.893. The van der Waals surface area contributed by atoms with Crippen LogP contribution in [0.4, 0.5) is 0 Å². The van der Waals surface area contributed by atoms with Crippen LogP contribution in [0.5, 0.6) is 0 Å². The topological polar surface area (TPSA) is 49.0 Å². The number of carbonyl (C=O) groups is 1. The van der Waals surface area contributed by atoms with Gasteiger partial charge in [-0.1, -0.05) is 11.6 Å². The Morgan fingerprint density at radius 1 is 1.33 bits per heavy atom. The Kier molecular flexibility index (Phi) is 2.25. The van der Waals surface area contributed by atoms with Gasteiger partial charge in [-0.2, -0.15) is 5.10 Å². The van der Waals surface area contributed by atoms with Crippen LogP contribution in [0.2, 0.25) is 5.02 Å². The first kappa shape index (κ1) is 10.9. The third kappa shape index (κ3) is 1.51. The number of aromatic amines is 1. The summed E-state index contributed by atoms with van der Waals surface area (Å²) in [5, 5.41) is 7.67. The van der Waals surface area contributed by atoms with Crippen LogP contribution in [0.25, 0.3) is 0 Å². The van der Waals surface area contributed by atoms with Crippen LogP contribution in [-0.2, 0) is 0 Å². The summed E-state index contributed by atoms with van der Waals surface area (Å²) in [4.78, 5) is 14.5. The molecule has 18 heavy (non-hydrogen) atoms. The molecule has 2 bridgehead atoms. The molecule has 2 heterocycles. The molecule has 1 amide bonds. The molecule has 0 aromatic carbocycles. The van der Waals surface area contributed by atoms with E-state index in [0.717, 1.165) is 31.5 Å². The first-order chi connectivity index (χ1) is 8.74. The van der Waals surface area contributed by atoms with Gasteiger partial charge in [0.05, 0.1) is 10.7 Å². The number of nitrogens with one attached hydrogen (secondary N) is 1. The summed E-state index contributed by atoms with van der Waals surface area (Å²) >= 11 is 6.29. The van der Waals surface area contributed by atoms with Gasteiger partial charge in [-0.05, 0) is 38.0 Å². The zero-order chi connectivity index (χ0) is 12.3. The molecule has 0 spiro atoms. The predicted molar refractivity (Wildman–Crippen MR) is 67.7 cm³/mol. The number of H-pyrrole nitrogens is 1. The second kappa shape index (κ2) is 3.73. The number of fused-ring (bicyclic) bond motifs is 2. The van der Waals surface area contributed by atoms with E-state index in [4.69, 9.17) is 11.6 Å². The van der Waals surface area contributed by atoms with E-state index < -0.39 is 0 Å². The minimum absolute atomic E-state index is 0.0235. The van der Waals surface area contributed by atoms with Gasteiger partial charge in [0.15, 0.2) is 5.69 Å². The maximum absolute atomic E-state index is 12.5. The number of piperidine rings is 1. The van der Waals surface area contributed by atoms with Gasteiger partial charge in [0.25, 0.3) is 5.91 Å². The number of halogens is 1. The number of hydrogen-bond donors (Lipinski definition) is 1. The number of rotatable bonds is 2. The lowest BCUT2D eigenvalue weighted by Gasteiger charge is -2.26. The van der Waals surface area contributed by atoms with Crippen LogP contribution in [0.1, 0.15) is 54.2 Å². The normalized spacial score (nSPS) is 30.2. The lowest BCUT2D eigenvalue weighted by Crippen LogP contribution is -2.37. The summed E-state index contributed by atoms with van der Waals surface area (Å²) in [5.74, 6) is 1.23. The molecule has 1 aliphatic heterocycles. The first-order valence-electron chi connectivity index (χ1n) is 6.78. The smallest absolute Gasteiger partial charge is 0.276 e. The van der Waals surface area contributed by atoms with Gasteiger partial charge in [0.1, 0.15) is 0 Å². The minimum Gasteiger partial charge on any atom is -0.334 e. The second-order valence-electron chi connectivity index (χ2n) is 5.86. The molecular formula is C13H16ClN3O. The van der Waals surface area contributed by atoms with Crippen LogP contribution >= 0.6 is 11.6 Å². The summed E-state index contributed by atoms with van der Waals surface area (Å²) in [6.45, 7) is 0.894. The van der Waals surface area contributed by atoms with Crippen molar-refractivity contribution in [3.63, 3.8) is 0 Å². The maximum atomic E-state index is 12.5. The Bertz CT molecular complexity index is 508. The van der Waals surface area contributed by atoms with E-state index in [2.05, 4.69) is 10.2 Å². The molecule has 5 heteroatoms. The van der Waals surface area contributed by atoms with Crippen LogP contribution in [-0.4, -0.2) is 33.6 Å². The van der Waals surface area contributed by atoms with Crippen molar-refractivity contribution in [1.29, 1.82) is 0 Å². The standard InChI is InChI=1S/C13H16ClN3O/c14-10-11(8-2-3-8)15-16-12(10)13(18)17-6-7-1-4-9(17)5-7/h7-9H,1-6H2,(H,15,16). The van der Waals surface area contributed by atoms with E-state index in [1.807, 2.05) is 4.90 Å². The van der Waals surface area contributed by atoms with Gasteiger partial charge in [0, 0.05) is 18.5 Å². The summed E-state index contributed by atoms with van der Waals surface area (Å²) in [6.07, 6.45) is 5.90. The average Bonchev–Trinajstić information content (AvgIpc) is 2.84. The van der Waals surface area contributed by atoms with Crippen molar-refractivity contribution in [2.75, 3.05) is 6.54 Å². The Morgan fingerprint density at radius 3 is 2.78 bits per heavy atom. The van der Waals surface area contributed by atoms with Crippen LogP contribution in [0.15, 0.2) is 0 Å². The molecule has 1 saturated heterocycles. The van der Waals surface area contributed by atoms with E-state index in [0.29, 0.717) is 28.6 Å². The number of hydrogen-bond acceptors (Lipinski definition) is 2.